The second-order valence-corrected chi connectivity index (χ2v) is 4.90. The Morgan fingerprint density at radius 3 is 1.62 bits per heavy atom. The van der Waals surface area contributed by atoms with E-state index >= 15 is 0 Å². The van der Waals surface area contributed by atoms with Gasteiger partial charge in [0, 0.05) is 19.8 Å². The molecule has 0 fully saturated rings. The summed E-state index contributed by atoms with van der Waals surface area (Å²) in [5.74, 6) is 0. The van der Waals surface area contributed by atoms with Gasteiger partial charge in [-0.25, -0.2) is 5.48 Å². The smallest absolute Gasteiger partial charge is 0.373 e. The average molecular weight is 209 g/mol. The van der Waals surface area contributed by atoms with Gasteiger partial charge in [0.1, 0.15) is 0 Å². The number of rotatable bonds is 8. The Kier molecular flexibility index (Phi) is 7.43. The Hall–Kier alpha value is 0.0169. The van der Waals surface area contributed by atoms with Crippen molar-refractivity contribution in [1.29, 1.82) is 0 Å². The predicted molar refractivity (Wildman–Crippen MR) is 50.4 cm³/mol. The molecule has 0 aliphatic heterocycles. The Labute approximate surface area is 80.3 Å². The van der Waals surface area contributed by atoms with E-state index in [0.717, 1.165) is 0 Å². The average Bonchev–Trinajstić information content (AvgIpc) is 2.06. The summed E-state index contributed by atoms with van der Waals surface area (Å²) >= 11 is 0. The van der Waals surface area contributed by atoms with Crippen molar-refractivity contribution in [3.63, 3.8) is 0 Å². The summed E-state index contributed by atoms with van der Waals surface area (Å²) in [6.07, 6.45) is 0.225. The second-order valence-electron chi connectivity index (χ2n) is 2.32. The van der Waals surface area contributed by atoms with Crippen molar-refractivity contribution in [2.24, 2.45) is 0 Å². The third-order valence-corrected chi connectivity index (χ3v) is 4.16. The van der Waals surface area contributed by atoms with Gasteiger partial charge < -0.3 is 18.5 Å². The molecule has 0 aliphatic rings. The standard InChI is InChI=1S/C7H19NO4Si/c1-4-10-13(7-8-9,11-5-2)12-6-3/h8-9H,4-7H2,1-3H3. The Morgan fingerprint density at radius 1 is 1.00 bits per heavy atom. The van der Waals surface area contributed by atoms with Gasteiger partial charge in [0.15, 0.2) is 0 Å². The fourth-order valence-electron chi connectivity index (χ4n) is 1.03. The van der Waals surface area contributed by atoms with E-state index in [1.165, 1.54) is 0 Å². The van der Waals surface area contributed by atoms with Crippen LogP contribution >= 0.6 is 0 Å². The van der Waals surface area contributed by atoms with Gasteiger partial charge in [-0.05, 0) is 20.8 Å². The van der Waals surface area contributed by atoms with Crippen LogP contribution in [-0.2, 0) is 13.3 Å². The SMILES string of the molecule is CCO[Si](CNO)(OCC)OCC. The summed E-state index contributed by atoms with van der Waals surface area (Å²) in [5, 5.41) is 8.63. The molecule has 0 saturated carbocycles. The maximum absolute atomic E-state index is 8.63. The van der Waals surface area contributed by atoms with Crippen LogP contribution < -0.4 is 5.48 Å². The Balaban J connectivity index is 4.19. The number of nitrogens with one attached hydrogen (secondary N) is 1. The van der Waals surface area contributed by atoms with Gasteiger partial charge >= 0.3 is 8.80 Å². The first-order chi connectivity index (χ1) is 6.24. The van der Waals surface area contributed by atoms with E-state index in [1.54, 1.807) is 0 Å². The minimum absolute atomic E-state index is 0.225. The van der Waals surface area contributed by atoms with Gasteiger partial charge in [0.2, 0.25) is 0 Å². The lowest BCUT2D eigenvalue weighted by molar-refractivity contribution is 0.0540. The van der Waals surface area contributed by atoms with Crippen molar-refractivity contribution < 1.29 is 18.5 Å². The van der Waals surface area contributed by atoms with Crippen LogP contribution in [0, 0.1) is 0 Å². The van der Waals surface area contributed by atoms with Gasteiger partial charge in [0.25, 0.3) is 0 Å². The summed E-state index contributed by atoms with van der Waals surface area (Å²) in [4.78, 5) is 0. The molecule has 0 amide bonds. The maximum atomic E-state index is 8.63. The lowest BCUT2D eigenvalue weighted by Crippen LogP contribution is -2.53. The molecule has 0 heterocycles. The molecule has 0 aromatic carbocycles. The molecule has 0 atom stereocenters. The molecule has 0 aromatic heterocycles. The highest BCUT2D eigenvalue weighted by Crippen LogP contribution is 2.08. The second kappa shape index (κ2) is 7.42. The van der Waals surface area contributed by atoms with Crippen LogP contribution in [0.1, 0.15) is 20.8 Å². The van der Waals surface area contributed by atoms with Gasteiger partial charge in [-0.1, -0.05) is 0 Å². The number of hydrogen-bond acceptors (Lipinski definition) is 5. The van der Waals surface area contributed by atoms with E-state index in [1.807, 2.05) is 26.3 Å². The van der Waals surface area contributed by atoms with E-state index < -0.39 is 8.80 Å². The van der Waals surface area contributed by atoms with Crippen LogP contribution in [0.2, 0.25) is 0 Å². The fourth-order valence-corrected chi connectivity index (χ4v) is 3.10. The molecule has 0 aromatic rings. The largest absolute Gasteiger partial charge is 0.517 e. The molecule has 2 N–H and O–H groups in total. The molecule has 0 rings (SSSR count). The van der Waals surface area contributed by atoms with Crippen molar-refractivity contribution in [1.82, 2.24) is 5.48 Å². The summed E-state index contributed by atoms with van der Waals surface area (Å²) < 4.78 is 16.3. The molecule has 13 heavy (non-hydrogen) atoms. The van der Waals surface area contributed by atoms with E-state index in [2.05, 4.69) is 0 Å². The predicted octanol–water partition coefficient (Wildman–Crippen LogP) is 0.553. The number of hydrogen-bond donors (Lipinski definition) is 2. The molecule has 0 aliphatic carbocycles. The van der Waals surface area contributed by atoms with Crippen molar-refractivity contribution in [2.45, 2.75) is 20.8 Å². The molecule has 0 spiro atoms. The van der Waals surface area contributed by atoms with Gasteiger partial charge in [-0.3, -0.25) is 0 Å². The van der Waals surface area contributed by atoms with Crippen LogP contribution in [0.3, 0.4) is 0 Å². The highest BCUT2D eigenvalue weighted by atomic mass is 28.4. The van der Waals surface area contributed by atoms with Crippen molar-refractivity contribution in [2.75, 3.05) is 26.0 Å². The molecule has 6 heteroatoms. The molecule has 0 bridgehead atoms. The van der Waals surface area contributed by atoms with Crippen LogP contribution in [0.15, 0.2) is 0 Å². The van der Waals surface area contributed by atoms with Crippen molar-refractivity contribution >= 4 is 8.80 Å². The fraction of sp³-hybridized carbons (Fsp3) is 1.00. The van der Waals surface area contributed by atoms with Crippen LogP contribution in [-0.4, -0.2) is 40.0 Å². The zero-order valence-corrected chi connectivity index (χ0v) is 9.50. The van der Waals surface area contributed by atoms with Gasteiger partial charge in [0.05, 0.1) is 6.17 Å². The van der Waals surface area contributed by atoms with Crippen LogP contribution in [0.25, 0.3) is 0 Å². The molecule has 5 nitrogen and oxygen atoms in total. The maximum Gasteiger partial charge on any atom is 0.517 e. The van der Waals surface area contributed by atoms with Crippen molar-refractivity contribution in [3.8, 4) is 0 Å². The molecule has 0 saturated heterocycles. The molecular weight excluding hydrogens is 190 g/mol. The van der Waals surface area contributed by atoms with E-state index in [4.69, 9.17) is 18.5 Å². The lowest BCUT2D eigenvalue weighted by atomic mass is 10.9. The summed E-state index contributed by atoms with van der Waals surface area (Å²) in [5.41, 5.74) is 2.05. The molecular formula is C7H19NO4Si. The van der Waals surface area contributed by atoms with E-state index in [0.29, 0.717) is 19.8 Å². The normalized spacial score (nSPS) is 12.0. The first-order valence-corrected chi connectivity index (χ1v) is 6.46. The van der Waals surface area contributed by atoms with Crippen molar-refractivity contribution in [3.05, 3.63) is 0 Å². The Morgan fingerprint density at radius 2 is 1.38 bits per heavy atom. The first kappa shape index (κ1) is 13.0. The van der Waals surface area contributed by atoms with E-state index in [9.17, 15) is 0 Å². The molecule has 0 unspecified atom stereocenters. The lowest BCUT2D eigenvalue weighted by Gasteiger charge is -2.27. The number of hydroxylamine groups is 1. The molecule has 0 radical (unpaired) electrons. The Bertz CT molecular complexity index is 95.6. The van der Waals surface area contributed by atoms with Gasteiger partial charge in [-0.15, -0.1) is 0 Å². The zero-order chi connectivity index (χ0) is 10.2. The highest BCUT2D eigenvalue weighted by molar-refractivity contribution is 6.60. The summed E-state index contributed by atoms with van der Waals surface area (Å²) in [6, 6.07) is 0. The third kappa shape index (κ3) is 4.70. The summed E-state index contributed by atoms with van der Waals surface area (Å²) in [6.45, 7) is 7.18. The quantitative estimate of drug-likeness (QED) is 0.451. The first-order valence-electron chi connectivity index (χ1n) is 4.53. The topological polar surface area (TPSA) is 60.0 Å². The van der Waals surface area contributed by atoms with E-state index in [-0.39, 0.29) is 6.17 Å². The van der Waals surface area contributed by atoms with Crippen LogP contribution in [0.4, 0.5) is 0 Å². The third-order valence-electron chi connectivity index (χ3n) is 1.39. The monoisotopic (exact) mass is 209 g/mol. The molecule has 80 valence electrons. The zero-order valence-electron chi connectivity index (χ0n) is 8.50. The van der Waals surface area contributed by atoms with Crippen LogP contribution in [0.5, 0.6) is 0 Å². The minimum atomic E-state index is -2.66. The minimum Gasteiger partial charge on any atom is -0.373 e. The summed E-state index contributed by atoms with van der Waals surface area (Å²) in [7, 11) is -2.66. The highest BCUT2D eigenvalue weighted by Gasteiger charge is 2.40. The van der Waals surface area contributed by atoms with Gasteiger partial charge in [-0.2, -0.15) is 0 Å².